The van der Waals surface area contributed by atoms with Crippen LogP contribution >= 0.6 is 23.1 Å². The maximum Gasteiger partial charge on any atom is 0.236 e. The van der Waals surface area contributed by atoms with Gasteiger partial charge in [0.2, 0.25) is 5.95 Å². The molecule has 25 heavy (non-hydrogen) atoms. The topological polar surface area (TPSA) is 70.3 Å². The molecule has 1 aromatic carbocycles. The number of nitrogens with two attached hydrogens (primary N) is 1. The van der Waals surface area contributed by atoms with Crippen LogP contribution in [0.3, 0.4) is 0 Å². The number of rotatable bonds is 8. The van der Waals surface area contributed by atoms with E-state index in [1.807, 2.05) is 12.1 Å². The molecule has 0 aliphatic heterocycles. The summed E-state index contributed by atoms with van der Waals surface area (Å²) in [5.74, 6) is 0.201. The van der Waals surface area contributed by atoms with Crippen LogP contribution in [0.4, 0.5) is 10.1 Å². The fourth-order valence-electron chi connectivity index (χ4n) is 2.13. The summed E-state index contributed by atoms with van der Waals surface area (Å²) >= 11 is 3.21. The van der Waals surface area contributed by atoms with Gasteiger partial charge in [-0.2, -0.15) is 4.39 Å². The van der Waals surface area contributed by atoms with Crippen LogP contribution in [0, 0.1) is 5.95 Å². The van der Waals surface area contributed by atoms with Crippen LogP contribution in [0.1, 0.15) is 0 Å². The number of thioether (sulfide) groups is 1. The number of thiazole rings is 1. The Morgan fingerprint density at radius 2 is 2.04 bits per heavy atom. The highest BCUT2D eigenvalue weighted by Crippen LogP contribution is 2.32. The second-order valence-corrected chi connectivity index (χ2v) is 7.38. The van der Waals surface area contributed by atoms with E-state index in [1.54, 1.807) is 24.9 Å². The number of anilines is 1. The Morgan fingerprint density at radius 3 is 2.84 bits per heavy atom. The molecule has 0 aliphatic carbocycles. The van der Waals surface area contributed by atoms with Gasteiger partial charge in [0.05, 0.1) is 35.7 Å². The van der Waals surface area contributed by atoms with Gasteiger partial charge < -0.3 is 15.2 Å². The number of halogens is 1. The molecule has 0 unspecified atom stereocenters. The first-order valence-electron chi connectivity index (χ1n) is 7.70. The summed E-state index contributed by atoms with van der Waals surface area (Å²) in [7, 11) is 1.66. The maximum absolute atomic E-state index is 13.6. The maximum atomic E-state index is 13.6. The molecule has 0 amide bonds. The number of hydrogen-bond acceptors (Lipinski definition) is 7. The normalized spacial score (nSPS) is 11.3. The summed E-state index contributed by atoms with van der Waals surface area (Å²) < 4.78 is 25.0. The number of benzene rings is 1. The Bertz CT molecular complexity index is 857. The van der Waals surface area contributed by atoms with Crippen LogP contribution in [-0.2, 0) is 9.47 Å². The van der Waals surface area contributed by atoms with Gasteiger partial charge in [-0.15, -0.1) is 23.1 Å². The Morgan fingerprint density at radius 1 is 1.16 bits per heavy atom. The van der Waals surface area contributed by atoms with Crippen molar-refractivity contribution in [2.24, 2.45) is 0 Å². The van der Waals surface area contributed by atoms with Gasteiger partial charge in [-0.3, -0.25) is 0 Å². The highest BCUT2D eigenvalue weighted by Gasteiger charge is 2.10. The molecule has 0 fully saturated rings. The van der Waals surface area contributed by atoms with Crippen LogP contribution in [0.15, 0.2) is 35.2 Å². The second kappa shape index (κ2) is 8.57. The van der Waals surface area contributed by atoms with Gasteiger partial charge in [-0.1, -0.05) is 0 Å². The van der Waals surface area contributed by atoms with E-state index in [4.69, 9.17) is 15.2 Å². The van der Waals surface area contributed by atoms with Crippen LogP contribution < -0.4 is 5.73 Å². The fourth-order valence-corrected chi connectivity index (χ4v) is 3.98. The highest BCUT2D eigenvalue weighted by atomic mass is 32.2. The van der Waals surface area contributed by atoms with Crippen LogP contribution in [0.5, 0.6) is 0 Å². The minimum atomic E-state index is -0.665. The Labute approximate surface area is 153 Å². The summed E-state index contributed by atoms with van der Waals surface area (Å²) in [6.07, 6.45) is 0. The third-order valence-corrected chi connectivity index (χ3v) is 5.38. The van der Waals surface area contributed by atoms with E-state index in [1.165, 1.54) is 17.4 Å². The number of fused-ring (bicyclic) bond motifs is 1. The average molecular weight is 379 g/mol. The van der Waals surface area contributed by atoms with Crippen molar-refractivity contribution in [2.45, 2.75) is 4.90 Å². The van der Waals surface area contributed by atoms with Crippen molar-refractivity contribution in [3.63, 3.8) is 0 Å². The minimum absolute atomic E-state index is 0.0382. The van der Waals surface area contributed by atoms with Crippen molar-refractivity contribution in [2.75, 3.05) is 38.4 Å². The van der Waals surface area contributed by atoms with E-state index in [-0.39, 0.29) is 5.69 Å². The van der Waals surface area contributed by atoms with Crippen molar-refractivity contribution < 1.29 is 13.9 Å². The van der Waals surface area contributed by atoms with E-state index in [2.05, 4.69) is 16.0 Å². The first-order valence-corrected chi connectivity index (χ1v) is 9.50. The molecule has 3 aromatic rings. The molecule has 3 rings (SSSR count). The molecule has 0 saturated carbocycles. The third kappa shape index (κ3) is 4.66. The zero-order valence-electron chi connectivity index (χ0n) is 13.7. The van der Waals surface area contributed by atoms with Gasteiger partial charge >= 0.3 is 0 Å². The van der Waals surface area contributed by atoms with Crippen molar-refractivity contribution in [3.05, 3.63) is 36.3 Å². The first-order chi connectivity index (χ1) is 12.2. The van der Waals surface area contributed by atoms with Gasteiger partial charge in [-0.25, -0.2) is 9.97 Å². The molecule has 0 atom stereocenters. The molecule has 5 nitrogen and oxygen atoms in total. The number of ether oxygens (including phenoxy) is 2. The largest absolute Gasteiger partial charge is 0.395 e. The SMILES string of the molecule is COCCOCCSc1ccc2nc(-c3ccc(N)c(F)n3)sc2c1. The molecule has 0 spiro atoms. The van der Waals surface area contributed by atoms with Gasteiger partial charge in [0.15, 0.2) is 0 Å². The molecule has 2 heterocycles. The van der Waals surface area contributed by atoms with Gasteiger partial charge in [0.1, 0.15) is 10.7 Å². The Hall–Kier alpha value is -1.74. The number of hydrogen-bond donors (Lipinski definition) is 1. The summed E-state index contributed by atoms with van der Waals surface area (Å²) in [4.78, 5) is 9.54. The molecule has 0 aliphatic rings. The van der Waals surface area contributed by atoms with Crippen LogP contribution in [0.2, 0.25) is 0 Å². The lowest BCUT2D eigenvalue weighted by molar-refractivity contribution is 0.0790. The standard InChI is InChI=1S/C17H18FN3O2S2/c1-22-6-7-23-8-9-24-11-2-4-13-15(10-11)25-17(21-13)14-5-3-12(19)16(18)20-14/h2-5,10H,6-9,19H2,1H3. The number of nitrogen functional groups attached to an aromatic ring is 1. The molecule has 2 aromatic heterocycles. The molecule has 8 heteroatoms. The summed E-state index contributed by atoms with van der Waals surface area (Å²) in [5.41, 5.74) is 6.88. The van der Waals surface area contributed by atoms with Crippen LogP contribution in [0.25, 0.3) is 20.9 Å². The quantitative estimate of drug-likeness (QED) is 0.364. The zero-order valence-corrected chi connectivity index (χ0v) is 15.3. The molecular formula is C17H18FN3O2S2. The first kappa shape index (κ1) is 18.1. The molecule has 0 saturated heterocycles. The predicted molar refractivity (Wildman–Crippen MR) is 101 cm³/mol. The lowest BCUT2D eigenvalue weighted by Gasteiger charge is -2.03. The second-order valence-electron chi connectivity index (χ2n) is 5.18. The van der Waals surface area contributed by atoms with E-state index < -0.39 is 5.95 Å². The van der Waals surface area contributed by atoms with Gasteiger partial charge in [0.25, 0.3) is 0 Å². The lowest BCUT2D eigenvalue weighted by atomic mass is 10.3. The third-order valence-electron chi connectivity index (χ3n) is 3.38. The van der Waals surface area contributed by atoms with Crippen molar-refractivity contribution >= 4 is 39.0 Å². The molecule has 0 radical (unpaired) electrons. The Kier molecular flexibility index (Phi) is 6.19. The van der Waals surface area contributed by atoms with E-state index in [9.17, 15) is 4.39 Å². The van der Waals surface area contributed by atoms with Crippen LogP contribution in [-0.4, -0.2) is 42.7 Å². The minimum Gasteiger partial charge on any atom is -0.395 e. The number of pyridine rings is 1. The summed E-state index contributed by atoms with van der Waals surface area (Å²) in [6.45, 7) is 1.90. The van der Waals surface area contributed by atoms with Gasteiger partial charge in [0, 0.05) is 17.8 Å². The molecule has 2 N–H and O–H groups in total. The number of aromatic nitrogens is 2. The molecule has 132 valence electrons. The number of nitrogens with zero attached hydrogens (tertiary/aromatic N) is 2. The molecule has 0 bridgehead atoms. The predicted octanol–water partition coefficient (Wildman–Crippen LogP) is 3.83. The average Bonchev–Trinajstić information content (AvgIpc) is 3.03. The fraction of sp³-hybridized carbons (Fsp3) is 0.294. The highest BCUT2D eigenvalue weighted by molar-refractivity contribution is 7.99. The zero-order chi connectivity index (χ0) is 17.6. The summed E-state index contributed by atoms with van der Waals surface area (Å²) in [6, 6.07) is 9.28. The van der Waals surface area contributed by atoms with E-state index in [0.29, 0.717) is 30.5 Å². The summed E-state index contributed by atoms with van der Waals surface area (Å²) in [5, 5.41) is 0.680. The lowest BCUT2D eigenvalue weighted by Crippen LogP contribution is -2.04. The van der Waals surface area contributed by atoms with Crippen molar-refractivity contribution in [1.82, 2.24) is 9.97 Å². The number of methoxy groups -OCH3 is 1. The van der Waals surface area contributed by atoms with Crippen molar-refractivity contribution in [1.29, 1.82) is 0 Å². The molecular weight excluding hydrogens is 361 g/mol. The van der Waals surface area contributed by atoms with Gasteiger partial charge in [-0.05, 0) is 30.3 Å². The monoisotopic (exact) mass is 379 g/mol. The smallest absolute Gasteiger partial charge is 0.236 e. The van der Waals surface area contributed by atoms with E-state index in [0.717, 1.165) is 20.9 Å². The Balaban J connectivity index is 1.68. The van der Waals surface area contributed by atoms with Crippen molar-refractivity contribution in [3.8, 4) is 10.7 Å². The van der Waals surface area contributed by atoms with E-state index >= 15 is 0 Å².